The molecule has 1 saturated carbocycles. The van der Waals surface area contributed by atoms with E-state index in [0.717, 1.165) is 4.88 Å². The van der Waals surface area contributed by atoms with Gasteiger partial charge in [-0.05, 0) is 42.2 Å². The van der Waals surface area contributed by atoms with Crippen molar-refractivity contribution in [2.45, 2.75) is 25.2 Å². The van der Waals surface area contributed by atoms with Crippen molar-refractivity contribution in [3.63, 3.8) is 0 Å². The molecule has 0 unspecified atom stereocenters. The van der Waals surface area contributed by atoms with E-state index in [4.69, 9.17) is 5.11 Å². The molecule has 2 aliphatic rings. The van der Waals surface area contributed by atoms with Crippen LogP contribution in [0.4, 0.5) is 0 Å². The highest BCUT2D eigenvalue weighted by molar-refractivity contribution is 7.12. The number of hydrogen-bond acceptors (Lipinski definition) is 3. The summed E-state index contributed by atoms with van der Waals surface area (Å²) < 4.78 is 0. The third-order valence-corrected chi connectivity index (χ3v) is 4.65. The average Bonchev–Trinajstić information content (AvgIpc) is 2.92. The Morgan fingerprint density at radius 1 is 1.33 bits per heavy atom. The highest BCUT2D eigenvalue weighted by Gasteiger charge is 2.35. The number of nitrogens with zero attached hydrogens (tertiary/aromatic N) is 1. The average molecular weight is 265 g/mol. The van der Waals surface area contributed by atoms with Gasteiger partial charge in [0.1, 0.15) is 0 Å². The zero-order chi connectivity index (χ0) is 12.7. The summed E-state index contributed by atoms with van der Waals surface area (Å²) >= 11 is 1.48. The predicted molar refractivity (Wildman–Crippen MR) is 67.9 cm³/mol. The molecule has 1 aliphatic heterocycles. The molecule has 2 heterocycles. The molecule has 0 spiro atoms. The number of aliphatic carboxylic acids is 1. The maximum Gasteiger partial charge on any atom is 0.308 e. The smallest absolute Gasteiger partial charge is 0.308 e. The Kier molecular flexibility index (Phi) is 2.86. The van der Waals surface area contributed by atoms with E-state index in [2.05, 4.69) is 0 Å². The van der Waals surface area contributed by atoms with Crippen molar-refractivity contribution in [3.8, 4) is 0 Å². The summed E-state index contributed by atoms with van der Waals surface area (Å²) in [6.45, 7) is 0.925. The summed E-state index contributed by atoms with van der Waals surface area (Å²) in [5, 5.41) is 10.9. The van der Waals surface area contributed by atoms with Gasteiger partial charge in [0.05, 0.1) is 10.8 Å². The monoisotopic (exact) mass is 265 g/mol. The third kappa shape index (κ3) is 2.03. The van der Waals surface area contributed by atoms with Crippen molar-refractivity contribution in [2.75, 3.05) is 13.1 Å². The van der Waals surface area contributed by atoms with Gasteiger partial charge in [0.15, 0.2) is 0 Å². The van der Waals surface area contributed by atoms with Gasteiger partial charge in [-0.25, -0.2) is 0 Å². The summed E-state index contributed by atoms with van der Waals surface area (Å²) in [6.07, 6.45) is 2.93. The zero-order valence-electron chi connectivity index (χ0n) is 9.96. The summed E-state index contributed by atoms with van der Waals surface area (Å²) in [5.74, 6) is -0.596. The lowest BCUT2D eigenvalue weighted by Crippen LogP contribution is -2.29. The summed E-state index contributed by atoms with van der Waals surface area (Å²) in [4.78, 5) is 25.8. The SMILES string of the molecule is O=C(O)[C@H]1CCN(C(=O)c2sccc2C2CC2)C1. The second-order valence-electron chi connectivity index (χ2n) is 5.05. The van der Waals surface area contributed by atoms with E-state index >= 15 is 0 Å². The van der Waals surface area contributed by atoms with Crippen molar-refractivity contribution < 1.29 is 14.7 Å². The van der Waals surface area contributed by atoms with Crippen LogP contribution in [0.5, 0.6) is 0 Å². The Labute approximate surface area is 109 Å². The number of rotatable bonds is 3. The van der Waals surface area contributed by atoms with Crippen LogP contribution in [0.15, 0.2) is 11.4 Å². The van der Waals surface area contributed by atoms with Crippen LogP contribution < -0.4 is 0 Å². The lowest BCUT2D eigenvalue weighted by atomic mass is 10.1. The molecule has 0 radical (unpaired) electrons. The Bertz CT molecular complexity index is 492. The predicted octanol–water partition coefficient (Wildman–Crippen LogP) is 2.17. The number of likely N-dealkylation sites (tertiary alicyclic amines) is 1. The number of thiophene rings is 1. The maximum atomic E-state index is 12.4. The number of carbonyl (C=O) groups is 2. The minimum atomic E-state index is -0.793. The topological polar surface area (TPSA) is 57.6 Å². The first-order chi connectivity index (χ1) is 8.66. The molecular weight excluding hydrogens is 250 g/mol. The maximum absolute atomic E-state index is 12.4. The van der Waals surface area contributed by atoms with Gasteiger partial charge >= 0.3 is 5.97 Å². The molecule has 1 aromatic rings. The first-order valence-corrected chi connectivity index (χ1v) is 7.14. The highest BCUT2D eigenvalue weighted by atomic mass is 32.1. The number of carbonyl (C=O) groups excluding carboxylic acids is 1. The van der Waals surface area contributed by atoms with Crippen molar-refractivity contribution in [3.05, 3.63) is 21.9 Å². The molecule has 3 rings (SSSR count). The lowest BCUT2D eigenvalue weighted by Gasteiger charge is -2.15. The molecular formula is C13H15NO3S. The van der Waals surface area contributed by atoms with Gasteiger partial charge in [0.25, 0.3) is 5.91 Å². The van der Waals surface area contributed by atoms with Gasteiger partial charge in [0.2, 0.25) is 0 Å². The molecule has 18 heavy (non-hydrogen) atoms. The van der Waals surface area contributed by atoms with E-state index in [1.165, 1.54) is 29.7 Å². The summed E-state index contributed by atoms with van der Waals surface area (Å²) in [6, 6.07) is 2.04. The van der Waals surface area contributed by atoms with E-state index in [1.807, 2.05) is 11.4 Å². The fourth-order valence-corrected chi connectivity index (χ4v) is 3.45. The fourth-order valence-electron chi connectivity index (χ4n) is 2.50. The molecule has 1 atom stereocenters. The zero-order valence-corrected chi connectivity index (χ0v) is 10.8. The van der Waals surface area contributed by atoms with Crippen molar-refractivity contribution in [2.24, 2.45) is 5.92 Å². The van der Waals surface area contributed by atoms with Crippen molar-refractivity contribution in [1.29, 1.82) is 0 Å². The van der Waals surface area contributed by atoms with E-state index in [1.54, 1.807) is 4.90 Å². The van der Waals surface area contributed by atoms with Gasteiger partial charge in [-0.1, -0.05) is 0 Å². The van der Waals surface area contributed by atoms with Crippen LogP contribution in [-0.4, -0.2) is 35.0 Å². The molecule has 0 aromatic carbocycles. The van der Waals surface area contributed by atoms with Crippen LogP contribution in [0.3, 0.4) is 0 Å². The number of carboxylic acid groups (broad SMARTS) is 1. The second kappa shape index (κ2) is 4.39. The van der Waals surface area contributed by atoms with Crippen LogP contribution in [0.1, 0.15) is 40.4 Å². The molecule has 1 aliphatic carbocycles. The van der Waals surface area contributed by atoms with Gasteiger partial charge in [-0.3, -0.25) is 9.59 Å². The van der Waals surface area contributed by atoms with Gasteiger partial charge < -0.3 is 10.0 Å². The van der Waals surface area contributed by atoms with E-state index in [0.29, 0.717) is 25.4 Å². The Morgan fingerprint density at radius 2 is 2.11 bits per heavy atom. The van der Waals surface area contributed by atoms with Gasteiger partial charge in [-0.2, -0.15) is 0 Å². The molecule has 5 heteroatoms. The number of hydrogen-bond donors (Lipinski definition) is 1. The van der Waals surface area contributed by atoms with Crippen LogP contribution in [0.25, 0.3) is 0 Å². The van der Waals surface area contributed by atoms with Crippen LogP contribution in [-0.2, 0) is 4.79 Å². The van der Waals surface area contributed by atoms with E-state index < -0.39 is 11.9 Å². The van der Waals surface area contributed by atoms with Crippen LogP contribution in [0, 0.1) is 5.92 Å². The van der Waals surface area contributed by atoms with Crippen molar-refractivity contribution >= 4 is 23.2 Å². The van der Waals surface area contributed by atoms with E-state index in [9.17, 15) is 9.59 Å². The largest absolute Gasteiger partial charge is 0.481 e. The van der Waals surface area contributed by atoms with Gasteiger partial charge in [0, 0.05) is 13.1 Å². The summed E-state index contributed by atoms with van der Waals surface area (Å²) in [5.41, 5.74) is 1.17. The second-order valence-corrected chi connectivity index (χ2v) is 5.97. The Balaban J connectivity index is 1.75. The summed E-state index contributed by atoms with van der Waals surface area (Å²) in [7, 11) is 0. The molecule has 1 aromatic heterocycles. The van der Waals surface area contributed by atoms with E-state index in [-0.39, 0.29) is 5.91 Å². The molecule has 1 N–H and O–H groups in total. The third-order valence-electron chi connectivity index (χ3n) is 3.73. The van der Waals surface area contributed by atoms with Crippen molar-refractivity contribution in [1.82, 2.24) is 4.90 Å². The van der Waals surface area contributed by atoms with Crippen LogP contribution in [0.2, 0.25) is 0 Å². The lowest BCUT2D eigenvalue weighted by molar-refractivity contribution is -0.141. The van der Waals surface area contributed by atoms with Gasteiger partial charge in [-0.15, -0.1) is 11.3 Å². The molecule has 2 fully saturated rings. The number of carboxylic acids is 1. The minimum Gasteiger partial charge on any atom is -0.481 e. The molecule has 96 valence electrons. The quantitative estimate of drug-likeness (QED) is 0.911. The number of amides is 1. The molecule has 1 saturated heterocycles. The Morgan fingerprint density at radius 3 is 2.72 bits per heavy atom. The normalized spacial score (nSPS) is 23.3. The first-order valence-electron chi connectivity index (χ1n) is 6.26. The molecule has 0 bridgehead atoms. The minimum absolute atomic E-state index is 0.0238. The first kappa shape index (κ1) is 11.7. The van der Waals surface area contributed by atoms with Crippen LogP contribution >= 0.6 is 11.3 Å². The highest BCUT2D eigenvalue weighted by Crippen LogP contribution is 2.43. The fraction of sp³-hybridized carbons (Fsp3) is 0.538. The standard InChI is InChI=1S/C13H15NO3S/c15-12(14-5-3-9(7-14)13(16)17)11-10(4-6-18-11)8-1-2-8/h4,6,8-9H,1-3,5,7H2,(H,16,17)/t9-/m0/s1. The molecule has 4 nitrogen and oxygen atoms in total. The molecule has 1 amide bonds. The Hall–Kier alpha value is -1.36.